The minimum atomic E-state index is -1.52. The number of hydrogen-bond acceptors (Lipinski definition) is 6. The normalized spacial score (nSPS) is 25.3. The average Bonchev–Trinajstić information content (AvgIpc) is 3.70. The van der Waals surface area contributed by atoms with Crippen molar-refractivity contribution in [3.05, 3.63) is 33.8 Å². The molecule has 4 fully saturated rings. The Morgan fingerprint density at radius 3 is 2.59 bits per heavy atom. The van der Waals surface area contributed by atoms with Gasteiger partial charge in [-0.3, -0.25) is 19.0 Å². The molecule has 10 nitrogen and oxygen atoms in total. The molecule has 2 saturated heterocycles. The van der Waals surface area contributed by atoms with Crippen LogP contribution in [0.3, 0.4) is 0 Å². The number of rotatable bonds is 6. The van der Waals surface area contributed by atoms with Crippen LogP contribution < -0.4 is 10.9 Å². The van der Waals surface area contributed by atoms with Crippen LogP contribution in [0.25, 0.3) is 11.7 Å². The largest absolute Gasteiger partial charge is 0.494 e. The van der Waals surface area contributed by atoms with Crippen LogP contribution in [0.15, 0.2) is 17.1 Å². The maximum Gasteiger partial charge on any atom is 0.291 e. The highest BCUT2D eigenvalue weighted by Gasteiger charge is 2.45. The molecule has 2 aromatic rings. The SMILES string of the molecule is O=C(NC1CC1)c1c(O)n(CC2(F)CC2)c2c(C=CC(=O)N3C4CCC3COC4)cnn2c1=O. The van der Waals surface area contributed by atoms with Crippen molar-refractivity contribution >= 4 is 23.5 Å². The van der Waals surface area contributed by atoms with Gasteiger partial charge in [-0.05, 0) is 44.6 Å². The second-order valence-corrected chi connectivity index (χ2v) is 9.83. The zero-order valence-corrected chi connectivity index (χ0v) is 18.6. The lowest BCUT2D eigenvalue weighted by atomic mass is 10.2. The average molecular weight is 471 g/mol. The topological polar surface area (TPSA) is 118 Å². The van der Waals surface area contributed by atoms with Crippen LogP contribution in [-0.2, 0) is 16.1 Å². The van der Waals surface area contributed by atoms with E-state index in [1.54, 1.807) is 0 Å². The third-order valence-corrected chi connectivity index (χ3v) is 7.19. The monoisotopic (exact) mass is 471 g/mol. The number of aromatic hydroxyl groups is 1. The maximum atomic E-state index is 14.8. The number of morpholine rings is 1. The van der Waals surface area contributed by atoms with E-state index in [2.05, 4.69) is 10.4 Å². The highest BCUT2D eigenvalue weighted by molar-refractivity contribution is 5.97. The fourth-order valence-corrected chi connectivity index (χ4v) is 4.97. The number of nitrogens with one attached hydrogen (secondary N) is 1. The van der Waals surface area contributed by atoms with Crippen molar-refractivity contribution in [2.45, 2.75) is 68.9 Å². The van der Waals surface area contributed by atoms with Crippen molar-refractivity contribution in [3.8, 4) is 5.88 Å². The summed E-state index contributed by atoms with van der Waals surface area (Å²) in [6.07, 6.45) is 8.39. The number of carbonyl (C=O) groups is 2. The summed E-state index contributed by atoms with van der Waals surface area (Å²) in [6.45, 7) is 0.815. The Hall–Kier alpha value is -3.21. The number of alkyl halides is 1. The maximum absolute atomic E-state index is 14.8. The molecule has 2 atom stereocenters. The first-order valence-corrected chi connectivity index (χ1v) is 11.8. The Morgan fingerprint density at radius 1 is 1.24 bits per heavy atom. The lowest BCUT2D eigenvalue weighted by molar-refractivity contribution is -0.135. The van der Waals surface area contributed by atoms with E-state index in [0.717, 1.165) is 30.2 Å². The molecule has 2 aliphatic heterocycles. The van der Waals surface area contributed by atoms with Gasteiger partial charge in [0.15, 0.2) is 5.56 Å². The fraction of sp³-hybridized carbons (Fsp3) is 0.565. The Kier molecular flexibility index (Phi) is 4.80. The van der Waals surface area contributed by atoms with Gasteiger partial charge in [0, 0.05) is 17.7 Å². The van der Waals surface area contributed by atoms with E-state index < -0.39 is 28.6 Å². The molecule has 6 rings (SSSR count). The second-order valence-electron chi connectivity index (χ2n) is 9.83. The molecule has 4 aliphatic rings. The lowest BCUT2D eigenvalue weighted by Gasteiger charge is -2.33. The number of nitrogens with zero attached hydrogens (tertiary/aromatic N) is 4. The number of halogens is 1. The van der Waals surface area contributed by atoms with Crippen molar-refractivity contribution in [1.82, 2.24) is 24.4 Å². The molecule has 4 heterocycles. The van der Waals surface area contributed by atoms with Crippen molar-refractivity contribution < 1.29 is 23.8 Å². The van der Waals surface area contributed by atoms with Gasteiger partial charge in [-0.15, -0.1) is 0 Å². The molecule has 2 aromatic heterocycles. The molecule has 2 N–H and O–H groups in total. The van der Waals surface area contributed by atoms with Gasteiger partial charge in [0.25, 0.3) is 11.5 Å². The Morgan fingerprint density at radius 2 is 1.94 bits per heavy atom. The summed E-state index contributed by atoms with van der Waals surface area (Å²) in [4.78, 5) is 40.5. The van der Waals surface area contributed by atoms with Gasteiger partial charge in [-0.25, -0.2) is 4.39 Å². The van der Waals surface area contributed by atoms with Crippen molar-refractivity contribution in [3.63, 3.8) is 0 Å². The van der Waals surface area contributed by atoms with E-state index in [1.807, 2.05) is 4.90 Å². The van der Waals surface area contributed by atoms with Gasteiger partial charge in [0.05, 0.1) is 38.0 Å². The molecular formula is C23H26FN5O5. The Balaban J connectivity index is 1.39. The quantitative estimate of drug-likeness (QED) is 0.607. The van der Waals surface area contributed by atoms with E-state index in [4.69, 9.17) is 4.74 Å². The van der Waals surface area contributed by atoms with Gasteiger partial charge in [-0.2, -0.15) is 9.61 Å². The summed E-state index contributed by atoms with van der Waals surface area (Å²) >= 11 is 0. The Bertz CT molecular complexity index is 1260. The van der Waals surface area contributed by atoms with Gasteiger partial charge < -0.3 is 20.1 Å². The minimum absolute atomic E-state index is 0.0241. The fourth-order valence-electron chi connectivity index (χ4n) is 4.97. The van der Waals surface area contributed by atoms with Gasteiger partial charge in [-0.1, -0.05) is 0 Å². The smallest absolute Gasteiger partial charge is 0.291 e. The molecule has 2 unspecified atom stereocenters. The second kappa shape index (κ2) is 7.66. The number of hydrogen-bond donors (Lipinski definition) is 2. The van der Waals surface area contributed by atoms with Gasteiger partial charge in [0.2, 0.25) is 11.8 Å². The van der Waals surface area contributed by atoms with Crippen molar-refractivity contribution in [1.29, 1.82) is 0 Å². The van der Waals surface area contributed by atoms with E-state index in [0.29, 0.717) is 31.6 Å². The van der Waals surface area contributed by atoms with Crippen LogP contribution >= 0.6 is 0 Å². The summed E-state index contributed by atoms with van der Waals surface area (Å²) in [6, 6.07) is 0.0793. The summed E-state index contributed by atoms with van der Waals surface area (Å²) < 4.78 is 22.6. The minimum Gasteiger partial charge on any atom is -0.494 e. The zero-order valence-electron chi connectivity index (χ0n) is 18.6. The number of aromatic nitrogens is 3. The molecule has 2 aliphatic carbocycles. The first-order valence-electron chi connectivity index (χ1n) is 11.8. The summed E-state index contributed by atoms with van der Waals surface area (Å²) in [7, 11) is 0. The van der Waals surface area contributed by atoms with Crippen molar-refractivity contribution in [2.24, 2.45) is 0 Å². The molecule has 2 amide bonds. The first kappa shape index (κ1) is 21.3. The molecule has 2 saturated carbocycles. The van der Waals surface area contributed by atoms with Crippen LogP contribution in [0, 0.1) is 0 Å². The predicted molar refractivity (Wildman–Crippen MR) is 118 cm³/mol. The molecule has 0 aromatic carbocycles. The van der Waals surface area contributed by atoms with E-state index in [1.165, 1.54) is 22.9 Å². The van der Waals surface area contributed by atoms with Crippen LogP contribution in [0.1, 0.15) is 54.4 Å². The van der Waals surface area contributed by atoms with Crippen LogP contribution in [0.2, 0.25) is 0 Å². The number of carbonyl (C=O) groups excluding carboxylic acids is 2. The van der Waals surface area contributed by atoms with E-state index in [9.17, 15) is 23.9 Å². The standard InChI is InChI=1S/C23H26FN5O5/c24-23(7-8-23)12-27-20-13(1-6-17(30)28-15-4-5-16(28)11-34-10-15)9-25-29(20)22(33)18(21(27)32)19(31)26-14-2-3-14/h1,6,9,14-16,32H,2-5,7-8,10-12H2,(H,26,31). The summed E-state index contributed by atoms with van der Waals surface area (Å²) in [5.41, 5.74) is -2.25. The highest BCUT2D eigenvalue weighted by Crippen LogP contribution is 2.42. The third kappa shape index (κ3) is 3.58. The summed E-state index contributed by atoms with van der Waals surface area (Å²) in [5, 5.41) is 17.8. The lowest BCUT2D eigenvalue weighted by Crippen LogP contribution is -2.48. The molecule has 0 spiro atoms. The summed E-state index contributed by atoms with van der Waals surface area (Å²) in [5.74, 6) is -1.46. The van der Waals surface area contributed by atoms with E-state index >= 15 is 0 Å². The molecule has 11 heteroatoms. The molecule has 0 radical (unpaired) electrons. The van der Waals surface area contributed by atoms with E-state index in [-0.39, 0.29) is 36.2 Å². The number of fused-ring (bicyclic) bond motifs is 3. The molecular weight excluding hydrogens is 445 g/mol. The van der Waals surface area contributed by atoms with Gasteiger partial charge in [0.1, 0.15) is 11.3 Å². The molecule has 34 heavy (non-hydrogen) atoms. The third-order valence-electron chi connectivity index (χ3n) is 7.19. The van der Waals surface area contributed by atoms with Crippen LogP contribution in [0.4, 0.5) is 4.39 Å². The number of ether oxygens (including phenoxy) is 1. The molecule has 180 valence electrons. The van der Waals surface area contributed by atoms with Crippen LogP contribution in [0.5, 0.6) is 5.88 Å². The van der Waals surface area contributed by atoms with Gasteiger partial charge >= 0.3 is 0 Å². The van der Waals surface area contributed by atoms with Crippen molar-refractivity contribution in [2.75, 3.05) is 13.2 Å². The molecule has 2 bridgehead atoms. The predicted octanol–water partition coefficient (Wildman–Crippen LogP) is 0.999. The highest BCUT2D eigenvalue weighted by atomic mass is 19.1. The zero-order chi connectivity index (χ0) is 23.6. The Labute approximate surface area is 194 Å². The number of amides is 2. The van der Waals surface area contributed by atoms with Crippen LogP contribution in [-0.4, -0.2) is 73.0 Å². The first-order chi connectivity index (χ1) is 16.3.